The summed E-state index contributed by atoms with van der Waals surface area (Å²) >= 11 is 0. The highest BCUT2D eigenvalue weighted by atomic mass is 16.6. The molecule has 32 heavy (non-hydrogen) atoms. The second kappa shape index (κ2) is 7.80. The minimum atomic E-state index is -0.624. The highest BCUT2D eigenvalue weighted by molar-refractivity contribution is 5.82. The molecule has 6 nitrogen and oxygen atoms in total. The van der Waals surface area contributed by atoms with Crippen LogP contribution in [0.2, 0.25) is 0 Å². The van der Waals surface area contributed by atoms with E-state index in [9.17, 15) is 15.2 Å². The fourth-order valence-electron chi connectivity index (χ4n) is 5.92. The predicted molar refractivity (Wildman–Crippen MR) is 124 cm³/mol. The Morgan fingerprint density at radius 2 is 1.91 bits per heavy atom. The number of fused-ring (bicyclic) bond motifs is 4. The lowest BCUT2D eigenvalue weighted by molar-refractivity contribution is -0.983. The van der Waals surface area contributed by atoms with Crippen LogP contribution in [0.15, 0.2) is 73.4 Å². The number of piperidine rings is 3. The average Bonchev–Trinajstić information content (AvgIpc) is 2.84. The Morgan fingerprint density at radius 3 is 2.59 bits per heavy atom. The van der Waals surface area contributed by atoms with Gasteiger partial charge in [0.25, 0.3) is 5.69 Å². The van der Waals surface area contributed by atoms with Crippen LogP contribution >= 0.6 is 0 Å². The summed E-state index contributed by atoms with van der Waals surface area (Å²) in [6.07, 6.45) is 6.27. The van der Waals surface area contributed by atoms with Crippen LogP contribution in [0.4, 0.5) is 5.69 Å². The molecule has 6 heteroatoms. The molecule has 3 saturated heterocycles. The summed E-state index contributed by atoms with van der Waals surface area (Å²) in [4.78, 5) is 15.2. The van der Waals surface area contributed by atoms with E-state index in [4.69, 9.17) is 0 Å². The maximum Gasteiger partial charge on any atom is 0.269 e. The highest BCUT2D eigenvalue weighted by Gasteiger charge is 2.56. The molecule has 2 atom stereocenters. The topological polar surface area (TPSA) is 76.3 Å². The molecule has 0 saturated carbocycles. The number of allylic oxidation sites excluding steroid dienone is 1. The third-order valence-electron chi connectivity index (χ3n) is 7.87. The summed E-state index contributed by atoms with van der Waals surface area (Å²) in [5.74, 6) is 0. The minimum absolute atomic E-state index is 0.0245. The van der Waals surface area contributed by atoms with E-state index >= 15 is 0 Å². The number of aliphatic hydroxyl groups is 1. The van der Waals surface area contributed by atoms with Crippen molar-refractivity contribution in [2.75, 3.05) is 13.1 Å². The van der Waals surface area contributed by atoms with Crippen molar-refractivity contribution in [2.45, 2.75) is 38.0 Å². The molecule has 0 radical (unpaired) electrons. The van der Waals surface area contributed by atoms with Gasteiger partial charge in [-0.2, -0.15) is 0 Å². The zero-order valence-corrected chi connectivity index (χ0v) is 18.1. The van der Waals surface area contributed by atoms with Crippen molar-refractivity contribution in [3.8, 4) is 0 Å². The third kappa shape index (κ3) is 3.40. The lowest BCUT2D eigenvalue weighted by Crippen LogP contribution is -2.67. The normalized spacial score (nSPS) is 27.8. The van der Waals surface area contributed by atoms with E-state index in [1.165, 1.54) is 0 Å². The van der Waals surface area contributed by atoms with Gasteiger partial charge in [0.1, 0.15) is 18.7 Å². The molecule has 1 aromatic heterocycles. The molecule has 4 heterocycles. The smallest absolute Gasteiger partial charge is 0.269 e. The summed E-state index contributed by atoms with van der Waals surface area (Å²) < 4.78 is 0.797. The molecule has 0 aliphatic carbocycles. The standard InChI is InChI=1S/C26H28N3O3/c1-2-26-12-15-29(16-13-26,18-19-7-9-20(10-8-19)28(31)32)24(17-26)25(30)22-11-14-27-23-6-4-3-5-21(22)23/h2-11,14,24-25,30H,1,12-13,15-18H2/q+1/t24?,25-,26?,29?/m0/s1. The zero-order chi connectivity index (χ0) is 22.3. The number of para-hydroxylation sites is 1. The number of aliphatic hydroxyl groups excluding tert-OH is 1. The molecular weight excluding hydrogens is 402 g/mol. The SMILES string of the molecule is C=CC12CC[N+](Cc3ccc([N+](=O)[O-])cc3)(CC1)C([C@@H](O)c1ccnc3ccccc13)C2. The van der Waals surface area contributed by atoms with Crippen molar-refractivity contribution in [3.05, 3.63) is 94.7 Å². The van der Waals surface area contributed by atoms with Crippen molar-refractivity contribution >= 4 is 16.6 Å². The number of non-ortho nitro benzene ring substituents is 1. The van der Waals surface area contributed by atoms with E-state index < -0.39 is 6.10 Å². The van der Waals surface area contributed by atoms with Crippen LogP contribution in [0.3, 0.4) is 0 Å². The maximum atomic E-state index is 11.8. The molecule has 3 aromatic rings. The molecular formula is C26H28N3O3+. The number of benzene rings is 2. The van der Waals surface area contributed by atoms with Gasteiger partial charge in [0.2, 0.25) is 0 Å². The number of aromatic nitrogens is 1. The number of hydrogen-bond donors (Lipinski definition) is 1. The molecule has 6 rings (SSSR count). The van der Waals surface area contributed by atoms with Gasteiger partial charge >= 0.3 is 0 Å². The van der Waals surface area contributed by atoms with Crippen molar-refractivity contribution < 1.29 is 14.5 Å². The highest BCUT2D eigenvalue weighted by Crippen LogP contribution is 2.52. The molecule has 0 amide bonds. The zero-order valence-electron chi connectivity index (χ0n) is 18.1. The second-order valence-electron chi connectivity index (χ2n) is 9.45. The summed E-state index contributed by atoms with van der Waals surface area (Å²) in [7, 11) is 0. The summed E-state index contributed by atoms with van der Waals surface area (Å²) in [5, 5.41) is 23.8. The van der Waals surface area contributed by atoms with Gasteiger partial charge in [-0.1, -0.05) is 24.3 Å². The Morgan fingerprint density at radius 1 is 1.19 bits per heavy atom. The van der Waals surface area contributed by atoms with E-state index in [2.05, 4.69) is 17.6 Å². The van der Waals surface area contributed by atoms with Gasteiger partial charge in [0.15, 0.2) is 0 Å². The minimum Gasteiger partial charge on any atom is -0.382 e. The molecule has 3 aliphatic rings. The van der Waals surface area contributed by atoms with E-state index in [1.807, 2.05) is 42.5 Å². The van der Waals surface area contributed by atoms with Crippen molar-refractivity contribution in [1.82, 2.24) is 4.98 Å². The summed E-state index contributed by atoms with van der Waals surface area (Å²) in [6, 6.07) is 16.8. The van der Waals surface area contributed by atoms with Crippen LogP contribution in [0, 0.1) is 15.5 Å². The van der Waals surface area contributed by atoms with Crippen molar-refractivity contribution in [3.63, 3.8) is 0 Å². The van der Waals surface area contributed by atoms with Crippen molar-refractivity contribution in [2.24, 2.45) is 5.41 Å². The summed E-state index contributed by atoms with van der Waals surface area (Å²) in [5.41, 5.74) is 3.06. The predicted octanol–water partition coefficient (Wildman–Crippen LogP) is 4.93. The Bertz CT molecular complexity index is 1160. The lowest BCUT2D eigenvalue weighted by atomic mass is 9.65. The van der Waals surface area contributed by atoms with E-state index in [0.717, 1.165) is 65.4 Å². The van der Waals surface area contributed by atoms with Gasteiger partial charge in [-0.05, 0) is 29.8 Å². The molecule has 3 fully saturated rings. The van der Waals surface area contributed by atoms with Gasteiger partial charge in [0.05, 0.1) is 23.5 Å². The fraction of sp³-hybridized carbons (Fsp3) is 0.346. The third-order valence-corrected chi connectivity index (χ3v) is 7.87. The largest absolute Gasteiger partial charge is 0.382 e. The first-order valence-electron chi connectivity index (χ1n) is 11.2. The van der Waals surface area contributed by atoms with Crippen LogP contribution in [-0.4, -0.2) is 38.6 Å². The second-order valence-corrected chi connectivity index (χ2v) is 9.45. The fourth-order valence-corrected chi connectivity index (χ4v) is 5.92. The number of rotatable bonds is 6. The Kier molecular flexibility index (Phi) is 5.07. The molecule has 1 N–H and O–H groups in total. The Hall–Kier alpha value is -3.09. The van der Waals surface area contributed by atoms with E-state index in [-0.39, 0.29) is 22.1 Å². The van der Waals surface area contributed by atoms with Crippen LogP contribution < -0.4 is 0 Å². The van der Waals surface area contributed by atoms with Gasteiger partial charge < -0.3 is 9.59 Å². The quantitative estimate of drug-likeness (QED) is 0.260. The van der Waals surface area contributed by atoms with Crippen LogP contribution in [0.1, 0.15) is 36.5 Å². The van der Waals surface area contributed by atoms with Crippen LogP contribution in [0.25, 0.3) is 10.9 Å². The average molecular weight is 431 g/mol. The monoisotopic (exact) mass is 430 g/mol. The van der Waals surface area contributed by atoms with Crippen molar-refractivity contribution in [1.29, 1.82) is 0 Å². The molecule has 164 valence electrons. The van der Waals surface area contributed by atoms with Crippen LogP contribution in [0.5, 0.6) is 0 Å². The number of nitrogens with zero attached hydrogens (tertiary/aromatic N) is 3. The molecule has 1 unspecified atom stereocenters. The van der Waals surface area contributed by atoms with Crippen LogP contribution in [-0.2, 0) is 6.54 Å². The number of pyridine rings is 1. The Balaban J connectivity index is 1.53. The number of nitro benzene ring substituents is 1. The van der Waals surface area contributed by atoms with Gasteiger partial charge in [0, 0.05) is 54.0 Å². The maximum absolute atomic E-state index is 11.8. The number of hydrogen-bond acceptors (Lipinski definition) is 4. The molecule has 2 aromatic carbocycles. The van der Waals surface area contributed by atoms with Gasteiger partial charge in [-0.3, -0.25) is 15.1 Å². The first-order chi connectivity index (χ1) is 15.5. The van der Waals surface area contributed by atoms with E-state index in [1.54, 1.807) is 18.3 Å². The number of nitro groups is 1. The molecule has 3 aliphatic heterocycles. The van der Waals surface area contributed by atoms with Gasteiger partial charge in [-0.15, -0.1) is 6.58 Å². The number of quaternary nitrogens is 1. The Labute approximate surface area is 187 Å². The van der Waals surface area contributed by atoms with Gasteiger partial charge in [-0.25, -0.2) is 0 Å². The first kappa shape index (κ1) is 20.8. The molecule has 0 spiro atoms. The molecule has 2 bridgehead atoms. The van der Waals surface area contributed by atoms with E-state index in [0.29, 0.717) is 0 Å². The first-order valence-corrected chi connectivity index (χ1v) is 11.2. The summed E-state index contributed by atoms with van der Waals surface area (Å²) in [6.45, 7) is 6.83. The lowest BCUT2D eigenvalue weighted by Gasteiger charge is -2.59.